The normalized spacial score (nSPS) is 13.9. The van der Waals surface area contributed by atoms with Gasteiger partial charge in [0.1, 0.15) is 12.6 Å². The predicted molar refractivity (Wildman–Crippen MR) is 151 cm³/mol. The van der Waals surface area contributed by atoms with Crippen molar-refractivity contribution in [3.05, 3.63) is 42.0 Å². The van der Waals surface area contributed by atoms with Crippen molar-refractivity contribution in [1.29, 1.82) is 0 Å². The lowest BCUT2D eigenvalue weighted by Gasteiger charge is -2.29. The van der Waals surface area contributed by atoms with Gasteiger partial charge in [0.15, 0.2) is 23.0 Å². The van der Waals surface area contributed by atoms with Crippen LogP contribution in [0.2, 0.25) is 0 Å². The van der Waals surface area contributed by atoms with E-state index in [9.17, 15) is 9.59 Å². The van der Waals surface area contributed by atoms with Crippen molar-refractivity contribution in [3.8, 4) is 34.4 Å². The second-order valence-corrected chi connectivity index (χ2v) is 9.91. The minimum atomic E-state index is -0.683. The van der Waals surface area contributed by atoms with Gasteiger partial charge in [-0.05, 0) is 67.3 Å². The number of nitrogens with one attached hydrogen (secondary N) is 1. The standard InChI is InChI=1S/C29H38N6O6/c1-19(29(37)30-22-8-6-7-9-22)34(15-14-20-10-12-23(38-2)25(16-20)40-4)27(36)18-35-32-28(31-33-35)21-11-13-24(39-3)26(17-21)41-5/h10-13,16-17,19,22H,6-9,14-15,18H2,1-5H3,(H,30,37)/t19-/m1/s1. The highest BCUT2D eigenvalue weighted by Crippen LogP contribution is 2.31. The number of carbonyl (C=O) groups is 2. The first kappa shape index (κ1) is 29.6. The first-order valence-electron chi connectivity index (χ1n) is 13.7. The van der Waals surface area contributed by atoms with Crippen LogP contribution in [0.15, 0.2) is 36.4 Å². The maximum absolute atomic E-state index is 13.6. The molecule has 12 heteroatoms. The molecule has 2 amide bonds. The first-order valence-corrected chi connectivity index (χ1v) is 13.7. The van der Waals surface area contributed by atoms with Crippen molar-refractivity contribution in [2.45, 2.75) is 57.7 Å². The summed E-state index contributed by atoms with van der Waals surface area (Å²) in [6, 6.07) is 10.4. The van der Waals surface area contributed by atoms with Crippen LogP contribution in [0.5, 0.6) is 23.0 Å². The Balaban J connectivity index is 1.50. The Labute approximate surface area is 239 Å². The number of tetrazole rings is 1. The molecule has 4 rings (SSSR count). The fourth-order valence-electron chi connectivity index (χ4n) is 4.97. The summed E-state index contributed by atoms with van der Waals surface area (Å²) in [5, 5.41) is 15.7. The molecule has 0 bridgehead atoms. The van der Waals surface area contributed by atoms with Crippen LogP contribution >= 0.6 is 0 Å². The Bertz CT molecular complexity index is 1340. The number of hydrogen-bond donors (Lipinski definition) is 1. The molecule has 0 aliphatic heterocycles. The van der Waals surface area contributed by atoms with E-state index in [-0.39, 0.29) is 24.4 Å². The lowest BCUT2D eigenvalue weighted by molar-refractivity contribution is -0.141. The van der Waals surface area contributed by atoms with E-state index in [2.05, 4.69) is 20.7 Å². The zero-order chi connectivity index (χ0) is 29.4. The van der Waals surface area contributed by atoms with Crippen molar-refractivity contribution in [2.24, 2.45) is 0 Å². The first-order chi connectivity index (χ1) is 19.9. The van der Waals surface area contributed by atoms with Gasteiger partial charge in [-0.15, -0.1) is 10.2 Å². The summed E-state index contributed by atoms with van der Waals surface area (Å²) in [4.78, 5) is 29.6. The van der Waals surface area contributed by atoms with Crippen LogP contribution in [0.1, 0.15) is 38.2 Å². The smallest absolute Gasteiger partial charge is 0.246 e. The lowest BCUT2D eigenvalue weighted by atomic mass is 10.1. The summed E-state index contributed by atoms with van der Waals surface area (Å²) in [5.41, 5.74) is 1.61. The molecule has 1 aliphatic carbocycles. The highest BCUT2D eigenvalue weighted by atomic mass is 16.5. The minimum absolute atomic E-state index is 0.147. The Morgan fingerprint density at radius 3 is 2.24 bits per heavy atom. The molecule has 1 aliphatic rings. The van der Waals surface area contributed by atoms with Crippen LogP contribution in [0.3, 0.4) is 0 Å². The Morgan fingerprint density at radius 2 is 1.59 bits per heavy atom. The average Bonchev–Trinajstić information content (AvgIpc) is 3.69. The molecule has 220 valence electrons. The Hall–Kier alpha value is -4.35. The van der Waals surface area contributed by atoms with Gasteiger partial charge in [-0.25, -0.2) is 0 Å². The molecule has 1 aromatic heterocycles. The van der Waals surface area contributed by atoms with Gasteiger partial charge in [0.05, 0.1) is 28.4 Å². The van der Waals surface area contributed by atoms with Crippen LogP contribution in [-0.4, -0.2) is 84.0 Å². The number of amides is 2. The van der Waals surface area contributed by atoms with Crippen LogP contribution in [0.25, 0.3) is 11.4 Å². The zero-order valence-corrected chi connectivity index (χ0v) is 24.3. The highest BCUT2D eigenvalue weighted by Gasteiger charge is 2.29. The topological polar surface area (TPSA) is 130 Å². The largest absolute Gasteiger partial charge is 0.493 e. The Kier molecular flexibility index (Phi) is 9.99. The van der Waals surface area contributed by atoms with Gasteiger partial charge >= 0.3 is 0 Å². The van der Waals surface area contributed by atoms with Crippen molar-refractivity contribution in [2.75, 3.05) is 35.0 Å². The fourth-order valence-corrected chi connectivity index (χ4v) is 4.97. The lowest BCUT2D eigenvalue weighted by Crippen LogP contribution is -2.51. The Morgan fingerprint density at radius 1 is 0.951 bits per heavy atom. The van der Waals surface area contributed by atoms with E-state index in [0.717, 1.165) is 31.2 Å². The molecule has 1 N–H and O–H groups in total. The number of benzene rings is 2. The van der Waals surface area contributed by atoms with Gasteiger partial charge in [-0.3, -0.25) is 9.59 Å². The molecule has 1 atom stereocenters. The molecular weight excluding hydrogens is 528 g/mol. The molecule has 3 aromatic rings. The van der Waals surface area contributed by atoms with Gasteiger partial charge < -0.3 is 29.2 Å². The number of aromatic nitrogens is 4. The van der Waals surface area contributed by atoms with E-state index < -0.39 is 6.04 Å². The van der Waals surface area contributed by atoms with Crippen molar-refractivity contribution in [1.82, 2.24) is 30.4 Å². The quantitative estimate of drug-likeness (QED) is 0.332. The van der Waals surface area contributed by atoms with Gasteiger partial charge in [0.25, 0.3) is 0 Å². The van der Waals surface area contributed by atoms with E-state index in [0.29, 0.717) is 47.4 Å². The molecule has 1 heterocycles. The fraction of sp³-hybridized carbons (Fsp3) is 0.483. The monoisotopic (exact) mass is 566 g/mol. The van der Waals surface area contributed by atoms with E-state index in [1.54, 1.807) is 58.5 Å². The van der Waals surface area contributed by atoms with Gasteiger partial charge in [-0.2, -0.15) is 4.80 Å². The maximum atomic E-state index is 13.6. The van der Waals surface area contributed by atoms with Crippen molar-refractivity contribution < 1.29 is 28.5 Å². The second-order valence-electron chi connectivity index (χ2n) is 9.91. The molecule has 41 heavy (non-hydrogen) atoms. The van der Waals surface area contributed by atoms with Crippen LogP contribution in [0.4, 0.5) is 0 Å². The number of methoxy groups -OCH3 is 4. The van der Waals surface area contributed by atoms with Crippen LogP contribution in [0, 0.1) is 0 Å². The molecule has 0 saturated heterocycles. The van der Waals surface area contributed by atoms with Crippen LogP contribution in [-0.2, 0) is 22.6 Å². The molecule has 0 spiro atoms. The predicted octanol–water partition coefficient (Wildman–Crippen LogP) is 2.89. The molecule has 1 fully saturated rings. The maximum Gasteiger partial charge on any atom is 0.246 e. The molecule has 0 unspecified atom stereocenters. The summed E-state index contributed by atoms with van der Waals surface area (Å²) in [7, 11) is 6.26. The van der Waals surface area contributed by atoms with Gasteiger partial charge in [-0.1, -0.05) is 18.9 Å². The third-order valence-corrected chi connectivity index (χ3v) is 7.33. The summed E-state index contributed by atoms with van der Waals surface area (Å²) >= 11 is 0. The van der Waals surface area contributed by atoms with Crippen LogP contribution < -0.4 is 24.3 Å². The van der Waals surface area contributed by atoms with E-state index in [4.69, 9.17) is 18.9 Å². The molecule has 1 saturated carbocycles. The number of nitrogens with zero attached hydrogens (tertiary/aromatic N) is 5. The average molecular weight is 567 g/mol. The van der Waals surface area contributed by atoms with E-state index in [1.165, 1.54) is 4.80 Å². The molecular formula is C29H38N6O6. The minimum Gasteiger partial charge on any atom is -0.493 e. The highest BCUT2D eigenvalue weighted by molar-refractivity contribution is 5.87. The van der Waals surface area contributed by atoms with E-state index in [1.807, 2.05) is 18.2 Å². The number of carbonyl (C=O) groups excluding carboxylic acids is 2. The summed E-state index contributed by atoms with van der Waals surface area (Å²) in [5.74, 6) is 2.20. The third kappa shape index (κ3) is 7.24. The van der Waals surface area contributed by atoms with Crippen molar-refractivity contribution >= 4 is 11.8 Å². The van der Waals surface area contributed by atoms with Gasteiger partial charge in [0.2, 0.25) is 17.6 Å². The SMILES string of the molecule is COc1ccc(CCN(C(=O)Cn2nnc(-c3ccc(OC)c(OC)c3)n2)[C@H](C)C(=O)NC2CCCC2)cc1OC. The summed E-state index contributed by atoms with van der Waals surface area (Å²) in [6.07, 6.45) is 4.62. The van der Waals surface area contributed by atoms with E-state index >= 15 is 0 Å². The molecule has 12 nitrogen and oxygen atoms in total. The molecule has 0 radical (unpaired) electrons. The van der Waals surface area contributed by atoms with Crippen molar-refractivity contribution in [3.63, 3.8) is 0 Å². The summed E-state index contributed by atoms with van der Waals surface area (Å²) in [6.45, 7) is 1.89. The summed E-state index contributed by atoms with van der Waals surface area (Å²) < 4.78 is 21.4. The zero-order valence-electron chi connectivity index (χ0n) is 24.3. The second kappa shape index (κ2) is 13.8. The third-order valence-electron chi connectivity index (χ3n) is 7.33. The van der Waals surface area contributed by atoms with Gasteiger partial charge in [0, 0.05) is 18.2 Å². The number of rotatable bonds is 13. The molecule has 2 aromatic carbocycles. The number of ether oxygens (including phenoxy) is 4. The number of hydrogen-bond acceptors (Lipinski definition) is 9.